The summed E-state index contributed by atoms with van der Waals surface area (Å²) >= 11 is 3.38. The second kappa shape index (κ2) is 6.61. The SMILES string of the molecule is CC(C)(C#N)CCCCNc1cncc(Br)c1. The van der Waals surface area contributed by atoms with Gasteiger partial charge in [-0.2, -0.15) is 5.26 Å². The maximum Gasteiger partial charge on any atom is 0.0683 e. The minimum atomic E-state index is -0.197. The van der Waals surface area contributed by atoms with E-state index in [1.807, 2.05) is 26.1 Å². The molecule has 0 aliphatic carbocycles. The Balaban J connectivity index is 2.19. The highest BCUT2D eigenvalue weighted by atomic mass is 79.9. The van der Waals surface area contributed by atoms with Gasteiger partial charge in [-0.05, 0) is 48.7 Å². The van der Waals surface area contributed by atoms with Crippen molar-refractivity contribution in [3.05, 3.63) is 22.9 Å². The monoisotopic (exact) mass is 295 g/mol. The lowest BCUT2D eigenvalue weighted by Gasteiger charge is -2.14. The molecule has 3 nitrogen and oxygen atoms in total. The van der Waals surface area contributed by atoms with Gasteiger partial charge >= 0.3 is 0 Å². The third-order valence-corrected chi connectivity index (χ3v) is 3.00. The normalized spacial score (nSPS) is 10.9. The summed E-state index contributed by atoms with van der Waals surface area (Å²) < 4.78 is 0.980. The number of aromatic nitrogens is 1. The molecule has 1 rings (SSSR count). The van der Waals surface area contributed by atoms with Gasteiger partial charge in [0.15, 0.2) is 0 Å². The fraction of sp³-hybridized carbons (Fsp3) is 0.538. The number of nitrogens with zero attached hydrogens (tertiary/aromatic N) is 2. The first-order chi connectivity index (χ1) is 8.03. The molecule has 1 N–H and O–H groups in total. The minimum absolute atomic E-state index is 0.197. The molecule has 0 amide bonds. The van der Waals surface area contributed by atoms with Crippen molar-refractivity contribution in [1.82, 2.24) is 4.98 Å². The third-order valence-electron chi connectivity index (χ3n) is 2.57. The van der Waals surface area contributed by atoms with E-state index >= 15 is 0 Å². The van der Waals surface area contributed by atoms with Crippen molar-refractivity contribution in [3.63, 3.8) is 0 Å². The van der Waals surface area contributed by atoms with Crippen molar-refractivity contribution in [3.8, 4) is 6.07 Å². The zero-order valence-corrected chi connectivity index (χ0v) is 11.9. The van der Waals surface area contributed by atoms with Crippen molar-refractivity contribution in [2.75, 3.05) is 11.9 Å². The van der Waals surface area contributed by atoms with Crippen LogP contribution in [0.1, 0.15) is 33.1 Å². The smallest absolute Gasteiger partial charge is 0.0683 e. The van der Waals surface area contributed by atoms with Gasteiger partial charge in [0.2, 0.25) is 0 Å². The molecule has 0 aliphatic heterocycles. The number of hydrogen-bond acceptors (Lipinski definition) is 3. The molecule has 1 aromatic heterocycles. The number of nitriles is 1. The van der Waals surface area contributed by atoms with Crippen LogP contribution in [0.3, 0.4) is 0 Å². The van der Waals surface area contributed by atoms with Crippen LogP contribution < -0.4 is 5.32 Å². The van der Waals surface area contributed by atoms with E-state index in [0.717, 1.165) is 36.0 Å². The van der Waals surface area contributed by atoms with E-state index < -0.39 is 0 Å². The van der Waals surface area contributed by atoms with Crippen molar-refractivity contribution < 1.29 is 0 Å². The molecule has 1 heterocycles. The molecular weight excluding hydrogens is 278 g/mol. The fourth-order valence-corrected chi connectivity index (χ4v) is 1.85. The van der Waals surface area contributed by atoms with Crippen LogP contribution in [-0.2, 0) is 0 Å². The maximum atomic E-state index is 8.88. The molecule has 17 heavy (non-hydrogen) atoms. The Morgan fingerprint density at radius 1 is 1.41 bits per heavy atom. The van der Waals surface area contributed by atoms with Crippen LogP contribution in [-0.4, -0.2) is 11.5 Å². The van der Waals surface area contributed by atoms with Gasteiger partial charge in [-0.15, -0.1) is 0 Å². The number of unbranched alkanes of at least 4 members (excludes halogenated alkanes) is 1. The van der Waals surface area contributed by atoms with Gasteiger partial charge in [0.05, 0.1) is 23.4 Å². The Labute approximate surface area is 111 Å². The molecule has 0 atom stereocenters. The van der Waals surface area contributed by atoms with Crippen LogP contribution in [0.15, 0.2) is 22.9 Å². The Morgan fingerprint density at radius 3 is 2.82 bits per heavy atom. The maximum absolute atomic E-state index is 8.88. The van der Waals surface area contributed by atoms with Crippen LogP contribution >= 0.6 is 15.9 Å². The van der Waals surface area contributed by atoms with Crippen molar-refractivity contribution in [1.29, 1.82) is 5.26 Å². The molecule has 0 fully saturated rings. The van der Waals surface area contributed by atoms with Gasteiger partial charge in [0.25, 0.3) is 0 Å². The summed E-state index contributed by atoms with van der Waals surface area (Å²) in [7, 11) is 0. The van der Waals surface area contributed by atoms with Gasteiger partial charge in [-0.3, -0.25) is 4.98 Å². The van der Waals surface area contributed by atoms with Crippen LogP contribution in [0, 0.1) is 16.7 Å². The molecular formula is C13H18BrN3. The van der Waals surface area contributed by atoms with Gasteiger partial charge in [-0.1, -0.05) is 6.42 Å². The Morgan fingerprint density at radius 2 is 2.18 bits per heavy atom. The van der Waals surface area contributed by atoms with E-state index in [9.17, 15) is 0 Å². The van der Waals surface area contributed by atoms with E-state index in [1.165, 1.54) is 0 Å². The molecule has 0 spiro atoms. The molecule has 92 valence electrons. The molecule has 0 aromatic carbocycles. The molecule has 1 aromatic rings. The molecule has 0 bridgehead atoms. The summed E-state index contributed by atoms with van der Waals surface area (Å²) in [5.74, 6) is 0. The topological polar surface area (TPSA) is 48.7 Å². The van der Waals surface area contributed by atoms with Gasteiger partial charge in [0.1, 0.15) is 0 Å². The standard InChI is InChI=1S/C13H18BrN3/c1-13(2,10-15)5-3-4-6-17-12-7-11(14)8-16-9-12/h7-9,17H,3-6H2,1-2H3. The lowest BCUT2D eigenvalue weighted by molar-refractivity contribution is 0.430. The summed E-state index contributed by atoms with van der Waals surface area (Å²) in [6, 6.07) is 4.33. The minimum Gasteiger partial charge on any atom is -0.384 e. The van der Waals surface area contributed by atoms with Crippen molar-refractivity contribution >= 4 is 21.6 Å². The van der Waals surface area contributed by atoms with Gasteiger partial charge < -0.3 is 5.32 Å². The lowest BCUT2D eigenvalue weighted by atomic mass is 9.89. The van der Waals surface area contributed by atoms with Crippen LogP contribution in [0.25, 0.3) is 0 Å². The number of pyridine rings is 1. The number of anilines is 1. The Hall–Kier alpha value is -1.08. The summed E-state index contributed by atoms with van der Waals surface area (Å²) in [5, 5.41) is 12.2. The highest BCUT2D eigenvalue weighted by Gasteiger charge is 2.15. The average Bonchev–Trinajstić information content (AvgIpc) is 2.29. The molecule has 0 aliphatic rings. The fourth-order valence-electron chi connectivity index (χ4n) is 1.49. The zero-order valence-electron chi connectivity index (χ0n) is 10.3. The first kappa shape index (κ1) is 14.0. The molecule has 0 saturated carbocycles. The summed E-state index contributed by atoms with van der Waals surface area (Å²) in [5.41, 5.74) is 0.830. The third kappa shape index (κ3) is 5.69. The van der Waals surface area contributed by atoms with Gasteiger partial charge in [0, 0.05) is 17.2 Å². The predicted molar refractivity (Wildman–Crippen MR) is 73.7 cm³/mol. The quantitative estimate of drug-likeness (QED) is 0.808. The van der Waals surface area contributed by atoms with Crippen molar-refractivity contribution in [2.24, 2.45) is 5.41 Å². The van der Waals surface area contributed by atoms with Crippen LogP contribution in [0.2, 0.25) is 0 Å². The number of rotatable bonds is 6. The molecule has 0 unspecified atom stereocenters. The number of nitrogens with one attached hydrogen (secondary N) is 1. The van der Waals surface area contributed by atoms with E-state index in [0.29, 0.717) is 0 Å². The van der Waals surface area contributed by atoms with Crippen molar-refractivity contribution in [2.45, 2.75) is 33.1 Å². The number of hydrogen-bond donors (Lipinski definition) is 1. The predicted octanol–water partition coefficient (Wildman–Crippen LogP) is 3.98. The van der Waals surface area contributed by atoms with Crippen LogP contribution in [0.4, 0.5) is 5.69 Å². The van der Waals surface area contributed by atoms with Crippen LogP contribution in [0.5, 0.6) is 0 Å². The number of halogens is 1. The highest BCUT2D eigenvalue weighted by Crippen LogP contribution is 2.21. The summed E-state index contributed by atoms with van der Waals surface area (Å²) in [4.78, 5) is 4.08. The largest absolute Gasteiger partial charge is 0.384 e. The van der Waals surface area contributed by atoms with E-state index in [2.05, 4.69) is 32.3 Å². The second-order valence-electron chi connectivity index (χ2n) is 4.77. The zero-order chi connectivity index (χ0) is 12.7. The summed E-state index contributed by atoms with van der Waals surface area (Å²) in [6.07, 6.45) is 6.65. The van der Waals surface area contributed by atoms with E-state index in [1.54, 1.807) is 6.20 Å². The Bertz CT molecular complexity index is 396. The Kier molecular flexibility index (Phi) is 5.43. The first-order valence-electron chi connectivity index (χ1n) is 5.79. The highest BCUT2D eigenvalue weighted by molar-refractivity contribution is 9.10. The first-order valence-corrected chi connectivity index (χ1v) is 6.58. The molecule has 0 saturated heterocycles. The van der Waals surface area contributed by atoms with Gasteiger partial charge in [-0.25, -0.2) is 0 Å². The lowest BCUT2D eigenvalue weighted by Crippen LogP contribution is -2.09. The van der Waals surface area contributed by atoms with E-state index in [4.69, 9.17) is 5.26 Å². The molecule has 4 heteroatoms. The molecule has 0 radical (unpaired) electrons. The summed E-state index contributed by atoms with van der Waals surface area (Å²) in [6.45, 7) is 4.89. The average molecular weight is 296 g/mol. The van der Waals surface area contributed by atoms with E-state index in [-0.39, 0.29) is 5.41 Å². The second-order valence-corrected chi connectivity index (χ2v) is 5.69.